The van der Waals surface area contributed by atoms with Crippen LogP contribution in [0.25, 0.3) is 0 Å². The molecule has 0 aliphatic heterocycles. The molecule has 0 aliphatic carbocycles. The first-order chi connectivity index (χ1) is 9.79. The van der Waals surface area contributed by atoms with E-state index < -0.39 is 15.8 Å². The number of rotatable bonds is 4. The van der Waals surface area contributed by atoms with Gasteiger partial charge in [0.25, 0.3) is 0 Å². The Morgan fingerprint density at radius 1 is 1.43 bits per heavy atom. The predicted molar refractivity (Wildman–Crippen MR) is 78.3 cm³/mol. The molecular formula is C12H11ClN2O4S2. The number of hydrogen-bond acceptors (Lipinski definition) is 7. The SMILES string of the molecule is Cc1ccc(S(C)(=O)=O)cc1C(=O)OCc1nnsc1Cl. The van der Waals surface area contributed by atoms with E-state index in [1.807, 2.05) is 0 Å². The maximum atomic E-state index is 12.0. The average Bonchev–Trinajstić information content (AvgIpc) is 2.80. The molecule has 112 valence electrons. The van der Waals surface area contributed by atoms with Gasteiger partial charge in [-0.3, -0.25) is 0 Å². The van der Waals surface area contributed by atoms with Crippen LogP contribution in [0.1, 0.15) is 21.6 Å². The van der Waals surface area contributed by atoms with Gasteiger partial charge in [-0.05, 0) is 24.6 Å². The van der Waals surface area contributed by atoms with Crippen LogP contribution in [0.2, 0.25) is 4.34 Å². The maximum absolute atomic E-state index is 12.0. The Bertz CT molecular complexity index is 786. The van der Waals surface area contributed by atoms with Gasteiger partial charge in [0.2, 0.25) is 0 Å². The summed E-state index contributed by atoms with van der Waals surface area (Å²) in [7, 11) is -3.39. The van der Waals surface area contributed by atoms with E-state index >= 15 is 0 Å². The van der Waals surface area contributed by atoms with Crippen LogP contribution < -0.4 is 0 Å². The molecule has 0 amide bonds. The van der Waals surface area contributed by atoms with Crippen LogP contribution in [0.4, 0.5) is 0 Å². The smallest absolute Gasteiger partial charge is 0.338 e. The third-order valence-corrected chi connectivity index (χ3v) is 4.80. The fraction of sp³-hybridized carbons (Fsp3) is 0.250. The lowest BCUT2D eigenvalue weighted by Crippen LogP contribution is -2.09. The highest BCUT2D eigenvalue weighted by molar-refractivity contribution is 7.90. The summed E-state index contributed by atoms with van der Waals surface area (Å²) in [6.45, 7) is 1.58. The highest BCUT2D eigenvalue weighted by Gasteiger charge is 2.16. The fourth-order valence-corrected chi connectivity index (χ4v) is 2.79. The molecule has 0 spiro atoms. The third kappa shape index (κ3) is 3.78. The van der Waals surface area contributed by atoms with Crippen LogP contribution in [0.5, 0.6) is 0 Å². The van der Waals surface area contributed by atoms with Gasteiger partial charge in [0.05, 0.1) is 10.5 Å². The second-order valence-electron chi connectivity index (χ2n) is 4.32. The van der Waals surface area contributed by atoms with Crippen LogP contribution in [0.3, 0.4) is 0 Å². The summed E-state index contributed by atoms with van der Waals surface area (Å²) in [5.41, 5.74) is 1.18. The molecule has 2 rings (SSSR count). The van der Waals surface area contributed by atoms with Crippen molar-refractivity contribution in [3.63, 3.8) is 0 Å². The van der Waals surface area contributed by atoms with E-state index in [9.17, 15) is 13.2 Å². The van der Waals surface area contributed by atoms with Gasteiger partial charge in [0.1, 0.15) is 16.6 Å². The normalized spacial score (nSPS) is 11.4. The largest absolute Gasteiger partial charge is 0.455 e. The summed E-state index contributed by atoms with van der Waals surface area (Å²) in [6, 6.07) is 4.31. The van der Waals surface area contributed by atoms with Gasteiger partial charge < -0.3 is 4.74 Å². The molecule has 0 atom stereocenters. The summed E-state index contributed by atoms with van der Waals surface area (Å²) < 4.78 is 32.1. The number of benzene rings is 1. The lowest BCUT2D eigenvalue weighted by Gasteiger charge is -2.08. The number of hydrogen-bond donors (Lipinski definition) is 0. The highest BCUT2D eigenvalue weighted by Crippen LogP contribution is 2.20. The van der Waals surface area contributed by atoms with Gasteiger partial charge in [0.15, 0.2) is 9.84 Å². The number of aryl methyl sites for hydroxylation is 1. The number of halogens is 1. The van der Waals surface area contributed by atoms with Crippen LogP contribution in [-0.4, -0.2) is 30.2 Å². The first kappa shape index (κ1) is 15.9. The van der Waals surface area contributed by atoms with Gasteiger partial charge in [-0.1, -0.05) is 22.2 Å². The molecule has 0 saturated heterocycles. The van der Waals surface area contributed by atoms with Crippen molar-refractivity contribution in [3.8, 4) is 0 Å². The van der Waals surface area contributed by atoms with Crippen molar-refractivity contribution in [2.45, 2.75) is 18.4 Å². The van der Waals surface area contributed by atoms with Crippen LogP contribution in [-0.2, 0) is 21.2 Å². The van der Waals surface area contributed by atoms with Crippen LogP contribution in [0.15, 0.2) is 23.1 Å². The molecule has 0 aliphatic rings. The van der Waals surface area contributed by atoms with Gasteiger partial charge in [0, 0.05) is 17.8 Å². The first-order valence-corrected chi connectivity index (χ1v) is 8.78. The number of esters is 1. The minimum atomic E-state index is -3.39. The number of carbonyl (C=O) groups is 1. The molecule has 1 aromatic carbocycles. The van der Waals surface area contributed by atoms with Crippen molar-refractivity contribution in [1.29, 1.82) is 0 Å². The van der Waals surface area contributed by atoms with E-state index in [0.29, 0.717) is 15.6 Å². The van der Waals surface area contributed by atoms with E-state index in [1.54, 1.807) is 13.0 Å². The molecule has 0 radical (unpaired) electrons. The maximum Gasteiger partial charge on any atom is 0.338 e. The number of carbonyl (C=O) groups excluding carboxylic acids is 1. The molecule has 6 nitrogen and oxygen atoms in total. The Balaban J connectivity index is 2.21. The molecule has 0 N–H and O–H groups in total. The lowest BCUT2D eigenvalue weighted by atomic mass is 10.1. The predicted octanol–water partition coefficient (Wildman–Crippen LogP) is 2.26. The van der Waals surface area contributed by atoms with Gasteiger partial charge in [-0.2, -0.15) is 0 Å². The van der Waals surface area contributed by atoms with E-state index in [0.717, 1.165) is 17.8 Å². The monoisotopic (exact) mass is 346 g/mol. The molecule has 0 fully saturated rings. The van der Waals surface area contributed by atoms with Crippen molar-refractivity contribution in [2.24, 2.45) is 0 Å². The van der Waals surface area contributed by atoms with Crippen molar-refractivity contribution < 1.29 is 17.9 Å². The molecule has 0 bridgehead atoms. The van der Waals surface area contributed by atoms with Crippen molar-refractivity contribution in [2.75, 3.05) is 6.26 Å². The quantitative estimate of drug-likeness (QED) is 0.789. The summed E-state index contributed by atoms with van der Waals surface area (Å²) in [6.07, 6.45) is 1.08. The first-order valence-electron chi connectivity index (χ1n) is 5.73. The highest BCUT2D eigenvalue weighted by atomic mass is 35.5. The molecule has 9 heteroatoms. The van der Waals surface area contributed by atoms with E-state index in [1.165, 1.54) is 12.1 Å². The molecule has 1 aromatic heterocycles. The Kier molecular flexibility index (Phi) is 4.60. The molecule has 0 unspecified atom stereocenters. The second-order valence-corrected chi connectivity index (χ2v) is 7.69. The van der Waals surface area contributed by atoms with Crippen molar-refractivity contribution in [3.05, 3.63) is 39.4 Å². The number of ether oxygens (including phenoxy) is 1. The number of sulfone groups is 1. The van der Waals surface area contributed by atoms with Crippen LogP contribution >= 0.6 is 23.1 Å². The topological polar surface area (TPSA) is 86.2 Å². The fourth-order valence-electron chi connectivity index (χ4n) is 1.55. The standard InChI is InChI=1S/C12H11ClN2O4S2/c1-7-3-4-8(21(2,17)18)5-9(7)12(16)19-6-10-11(13)20-15-14-10/h3-5H,6H2,1-2H3. The average molecular weight is 347 g/mol. The zero-order valence-corrected chi connectivity index (χ0v) is 13.5. The minimum Gasteiger partial charge on any atom is -0.455 e. The zero-order chi connectivity index (χ0) is 15.6. The van der Waals surface area contributed by atoms with Gasteiger partial charge >= 0.3 is 5.97 Å². The zero-order valence-electron chi connectivity index (χ0n) is 11.2. The number of aromatic nitrogens is 2. The third-order valence-electron chi connectivity index (χ3n) is 2.71. The molecule has 1 heterocycles. The lowest BCUT2D eigenvalue weighted by molar-refractivity contribution is 0.0466. The van der Waals surface area contributed by atoms with Crippen molar-refractivity contribution >= 4 is 38.9 Å². The van der Waals surface area contributed by atoms with E-state index in [2.05, 4.69) is 9.59 Å². The summed E-state index contributed by atoms with van der Waals surface area (Å²) >= 11 is 6.80. The van der Waals surface area contributed by atoms with Crippen molar-refractivity contribution in [1.82, 2.24) is 9.59 Å². The molecule has 21 heavy (non-hydrogen) atoms. The van der Waals surface area contributed by atoms with Crippen LogP contribution in [0, 0.1) is 6.92 Å². The Morgan fingerprint density at radius 2 is 2.14 bits per heavy atom. The Hall–Kier alpha value is -1.51. The Labute approximate surface area is 130 Å². The summed E-state index contributed by atoms with van der Waals surface area (Å²) in [5.74, 6) is -0.637. The second kappa shape index (κ2) is 6.08. The minimum absolute atomic E-state index is 0.0633. The molecule has 0 saturated carbocycles. The molecular weight excluding hydrogens is 336 g/mol. The Morgan fingerprint density at radius 3 is 2.71 bits per heavy atom. The summed E-state index contributed by atoms with van der Waals surface area (Å²) in [4.78, 5) is 12.1. The number of nitrogens with zero attached hydrogens (tertiary/aromatic N) is 2. The van der Waals surface area contributed by atoms with Gasteiger partial charge in [-0.15, -0.1) is 5.10 Å². The van der Waals surface area contributed by atoms with Gasteiger partial charge in [-0.25, -0.2) is 13.2 Å². The van der Waals surface area contributed by atoms with E-state index in [4.69, 9.17) is 16.3 Å². The molecule has 2 aromatic rings. The van der Waals surface area contributed by atoms with E-state index in [-0.39, 0.29) is 17.1 Å². The summed E-state index contributed by atoms with van der Waals surface area (Å²) in [5, 5.41) is 3.72.